The summed E-state index contributed by atoms with van der Waals surface area (Å²) in [5.74, 6) is -2.00. The van der Waals surface area contributed by atoms with Gasteiger partial charge >= 0.3 is 13.3 Å². The second-order valence-electron chi connectivity index (χ2n) is 21.9. The number of halogens is 2. The van der Waals surface area contributed by atoms with Crippen LogP contribution in [0.4, 0.5) is 8.78 Å². The Morgan fingerprint density at radius 3 is 2.22 bits per heavy atom. The second-order valence-corrected chi connectivity index (χ2v) is 26.2. The standard InChI is InChI=1S/C56H66F2N7O10PS2/c1-33(2)24-48(67)77-22-20-74-76(73,75-21-23-78-49(68)25-34(3)4)56(57,58)41-10-9-36-7-8-38(27-39(36)28-41)51(69)60-45-32-63(54(72)50-43-26-35(5)6-12-44(43)61-62-50)19-15-42-11-13-46(65(42)52(45)70)53(71)64-31-40(30-55(64)16-17-55)37-14-18-59-47(66)29-37/h6-10,12,14,18,26-29,33-34,40,42,45-46H,11,13,15-17,19-25,30-32H2,1-5H3,(H,59,66)(H,60,69)(H,61,62)/t40-,42-,45+,46+/m1/s1. The zero-order valence-corrected chi connectivity index (χ0v) is 46.9. The number of nitrogens with zero attached hydrogens (tertiary/aromatic N) is 4. The number of benzene rings is 3. The maximum absolute atomic E-state index is 16.8. The Hall–Kier alpha value is -5.73. The van der Waals surface area contributed by atoms with Gasteiger partial charge in [0, 0.05) is 83.7 Å². The Morgan fingerprint density at radius 2 is 1.55 bits per heavy atom. The lowest BCUT2D eigenvalue weighted by atomic mass is 9.96. The maximum Gasteiger partial charge on any atom is 0.404 e. The molecule has 4 fully saturated rings. The summed E-state index contributed by atoms with van der Waals surface area (Å²) >= 11 is 1.76. The summed E-state index contributed by atoms with van der Waals surface area (Å²) < 4.78 is 58.8. The van der Waals surface area contributed by atoms with E-state index in [1.54, 1.807) is 23.2 Å². The van der Waals surface area contributed by atoms with Crippen LogP contribution in [0.5, 0.6) is 0 Å². The van der Waals surface area contributed by atoms with Crippen LogP contribution in [0.1, 0.15) is 123 Å². The van der Waals surface area contributed by atoms with Gasteiger partial charge in [-0.2, -0.15) is 13.9 Å². The molecule has 4 amide bonds. The predicted octanol–water partition coefficient (Wildman–Crippen LogP) is 9.15. The predicted molar refractivity (Wildman–Crippen MR) is 296 cm³/mol. The van der Waals surface area contributed by atoms with Gasteiger partial charge in [0.1, 0.15) is 12.1 Å². The van der Waals surface area contributed by atoms with Crippen LogP contribution in [0.3, 0.4) is 0 Å². The van der Waals surface area contributed by atoms with Gasteiger partial charge in [-0.3, -0.25) is 43.2 Å². The van der Waals surface area contributed by atoms with E-state index >= 15 is 13.6 Å². The molecule has 1 spiro atoms. The third-order valence-electron chi connectivity index (χ3n) is 15.1. The van der Waals surface area contributed by atoms with E-state index in [1.165, 1.54) is 23.1 Å². The molecular formula is C56H66F2N7O10PS2. The highest BCUT2D eigenvalue weighted by atomic mass is 32.2. The van der Waals surface area contributed by atoms with E-state index in [1.807, 2.05) is 63.8 Å². The van der Waals surface area contributed by atoms with Crippen LogP contribution < -0.4 is 10.9 Å². The molecule has 1 saturated carbocycles. The fourth-order valence-electron chi connectivity index (χ4n) is 11.0. The molecule has 0 unspecified atom stereocenters. The molecule has 17 nitrogen and oxygen atoms in total. The molecule has 1 aliphatic carbocycles. The van der Waals surface area contributed by atoms with Gasteiger partial charge in [-0.05, 0) is 110 Å². The molecule has 3 saturated heterocycles. The van der Waals surface area contributed by atoms with E-state index in [0.29, 0.717) is 48.5 Å². The molecule has 4 atom stereocenters. The first-order valence-corrected chi connectivity index (χ1v) is 30.2. The molecule has 78 heavy (non-hydrogen) atoms. The number of aromatic nitrogens is 3. The number of thioether (sulfide) groups is 2. The van der Waals surface area contributed by atoms with Crippen molar-refractivity contribution in [2.24, 2.45) is 11.8 Å². The average Bonchev–Trinajstić information content (AvgIpc) is 3.69. The number of nitrogens with one attached hydrogen (secondary N) is 3. The summed E-state index contributed by atoms with van der Waals surface area (Å²) in [5, 5.41) is 11.0. The van der Waals surface area contributed by atoms with Gasteiger partial charge in [0.05, 0.1) is 25.3 Å². The highest BCUT2D eigenvalue weighted by Gasteiger charge is 2.59. The number of aryl methyl sites for hydroxylation is 1. The summed E-state index contributed by atoms with van der Waals surface area (Å²) in [6.07, 6.45) is 5.61. The van der Waals surface area contributed by atoms with Crippen LogP contribution in [-0.2, 0) is 38.5 Å². The molecule has 416 valence electrons. The zero-order chi connectivity index (χ0) is 55.7. The fourth-order valence-corrected chi connectivity index (χ4v) is 14.5. The molecule has 9 rings (SSSR count). The van der Waals surface area contributed by atoms with Gasteiger partial charge < -0.3 is 34.0 Å². The van der Waals surface area contributed by atoms with Crippen LogP contribution in [0.25, 0.3) is 21.7 Å². The lowest BCUT2D eigenvalue weighted by Crippen LogP contribution is -2.61. The lowest BCUT2D eigenvalue weighted by molar-refractivity contribution is -0.148. The maximum atomic E-state index is 16.8. The molecular weight excluding hydrogens is 1060 g/mol. The van der Waals surface area contributed by atoms with E-state index in [4.69, 9.17) is 9.05 Å². The highest BCUT2D eigenvalue weighted by molar-refractivity contribution is 8.13. The minimum Gasteiger partial charge on any atom is -0.339 e. The first-order chi connectivity index (χ1) is 37.1. The molecule has 5 aromatic rings. The second kappa shape index (κ2) is 23.5. The van der Waals surface area contributed by atoms with Crippen LogP contribution >= 0.6 is 31.1 Å². The van der Waals surface area contributed by atoms with Crippen molar-refractivity contribution in [3.05, 3.63) is 111 Å². The average molecular weight is 1130 g/mol. The molecule has 0 bridgehead atoms. The van der Waals surface area contributed by atoms with E-state index < -0.39 is 67.9 Å². The number of amides is 4. The molecule has 3 N–H and O–H groups in total. The Labute approximate surface area is 459 Å². The van der Waals surface area contributed by atoms with Crippen molar-refractivity contribution in [1.29, 1.82) is 0 Å². The molecule has 22 heteroatoms. The minimum atomic E-state index is -5.35. The Kier molecular flexibility index (Phi) is 17.2. The Balaban J connectivity index is 0.981. The number of hydrogen-bond acceptors (Lipinski definition) is 13. The van der Waals surface area contributed by atoms with Crippen LogP contribution in [-0.4, -0.2) is 132 Å². The fraction of sp³-hybridized carbons (Fsp3) is 0.500. The number of aromatic amines is 2. The van der Waals surface area contributed by atoms with Crippen molar-refractivity contribution in [2.75, 3.05) is 44.4 Å². The van der Waals surface area contributed by atoms with Crippen LogP contribution in [0, 0.1) is 18.8 Å². The van der Waals surface area contributed by atoms with Gasteiger partial charge in [-0.1, -0.05) is 81.0 Å². The number of H-pyrrole nitrogens is 2. The normalized spacial score (nSPS) is 20.4. The molecule has 4 aliphatic rings. The number of pyridine rings is 1. The van der Waals surface area contributed by atoms with E-state index in [9.17, 15) is 33.3 Å². The third kappa shape index (κ3) is 12.3. The summed E-state index contributed by atoms with van der Waals surface area (Å²) in [5.41, 5.74) is -3.07. The van der Waals surface area contributed by atoms with Crippen molar-refractivity contribution in [3.8, 4) is 0 Å². The van der Waals surface area contributed by atoms with Crippen molar-refractivity contribution >= 4 is 86.7 Å². The monoisotopic (exact) mass is 1130 g/mol. The number of hydrogen-bond donors (Lipinski definition) is 3. The first kappa shape index (κ1) is 57.0. The van der Waals surface area contributed by atoms with Gasteiger partial charge in [0.25, 0.3) is 11.8 Å². The van der Waals surface area contributed by atoms with E-state index in [-0.39, 0.29) is 99.1 Å². The number of carbonyl (C=O) groups excluding carboxylic acids is 6. The van der Waals surface area contributed by atoms with Crippen molar-refractivity contribution in [1.82, 2.24) is 35.2 Å². The van der Waals surface area contributed by atoms with Crippen molar-refractivity contribution in [2.45, 2.75) is 121 Å². The minimum absolute atomic E-state index is 0.0181. The molecule has 3 aromatic carbocycles. The van der Waals surface area contributed by atoms with E-state index in [0.717, 1.165) is 59.6 Å². The number of rotatable bonds is 19. The van der Waals surface area contributed by atoms with Crippen LogP contribution in [0.15, 0.2) is 77.7 Å². The third-order valence-corrected chi connectivity index (χ3v) is 18.8. The van der Waals surface area contributed by atoms with Gasteiger partial charge in [-0.25, -0.2) is 0 Å². The summed E-state index contributed by atoms with van der Waals surface area (Å²) in [6, 6.07) is 14.2. The van der Waals surface area contributed by atoms with Gasteiger partial charge in [0.2, 0.25) is 17.4 Å². The summed E-state index contributed by atoms with van der Waals surface area (Å²) in [7, 11) is -5.35. The molecule has 0 radical (unpaired) electrons. The summed E-state index contributed by atoms with van der Waals surface area (Å²) in [4.78, 5) is 104. The molecule has 2 aromatic heterocycles. The van der Waals surface area contributed by atoms with Crippen molar-refractivity contribution in [3.63, 3.8) is 0 Å². The smallest absolute Gasteiger partial charge is 0.339 e. The topological polar surface area (TPSA) is 221 Å². The number of fused-ring (bicyclic) bond motifs is 3. The zero-order valence-electron chi connectivity index (χ0n) is 44.4. The largest absolute Gasteiger partial charge is 0.404 e. The van der Waals surface area contributed by atoms with Crippen LogP contribution in [0.2, 0.25) is 0 Å². The highest BCUT2D eigenvalue weighted by Crippen LogP contribution is 2.67. The molecule has 5 heterocycles. The number of alkyl halides is 2. The Bertz CT molecular complexity index is 3200. The SMILES string of the molecule is Cc1ccc2[nH]nc(C(=O)N3CC[C@H]4CC[C@@H](C(=O)N5C[C@H](c6cc[nH]c(=O)c6)CC56CC6)N4C(=O)[C@@H](NC(=O)c4ccc5ccc(C(F)(F)P(=O)(OCCSC(=O)CC(C)C)OCCSC(=O)CC(C)C)cc5c4)C3)c2c1. The Morgan fingerprint density at radius 1 is 0.859 bits per heavy atom. The number of likely N-dealkylation sites (tertiary alicyclic amines) is 1. The number of carbonyl (C=O) groups is 6. The quantitative estimate of drug-likeness (QED) is 0.0519. The van der Waals surface area contributed by atoms with Crippen molar-refractivity contribution < 1.29 is 51.2 Å². The molecule has 3 aliphatic heterocycles. The first-order valence-electron chi connectivity index (χ1n) is 26.6. The van der Waals surface area contributed by atoms with E-state index in [2.05, 4.69) is 20.5 Å². The van der Waals surface area contributed by atoms with Gasteiger partial charge in [0.15, 0.2) is 15.9 Å². The van der Waals surface area contributed by atoms with Gasteiger partial charge in [-0.15, -0.1) is 0 Å². The summed E-state index contributed by atoms with van der Waals surface area (Å²) in [6.45, 7) is 8.67. The lowest BCUT2D eigenvalue weighted by Gasteiger charge is -2.40.